The van der Waals surface area contributed by atoms with Crippen LogP contribution >= 0.6 is 11.6 Å². The van der Waals surface area contributed by atoms with Crippen LogP contribution < -0.4 is 14.4 Å². The van der Waals surface area contributed by atoms with Crippen molar-refractivity contribution in [2.24, 2.45) is 0 Å². The van der Waals surface area contributed by atoms with Gasteiger partial charge in [-0.1, -0.05) is 29.8 Å². The van der Waals surface area contributed by atoms with E-state index >= 15 is 0 Å². The predicted octanol–water partition coefficient (Wildman–Crippen LogP) is 5.34. The van der Waals surface area contributed by atoms with E-state index in [9.17, 15) is 13.6 Å². The summed E-state index contributed by atoms with van der Waals surface area (Å²) in [7, 11) is 1.52. The fourth-order valence-corrected chi connectivity index (χ4v) is 4.60. The molecule has 39 heavy (non-hydrogen) atoms. The molecule has 1 atom stereocenters. The molecule has 10 nitrogen and oxygen atoms in total. The summed E-state index contributed by atoms with van der Waals surface area (Å²) < 4.78 is 31.6. The second kappa shape index (κ2) is 12.5. The third-order valence-corrected chi connectivity index (χ3v) is 6.82. The van der Waals surface area contributed by atoms with E-state index in [-0.39, 0.29) is 41.8 Å². The number of carbonyl (C=O) groups excluding carboxylic acids is 1. The van der Waals surface area contributed by atoms with Crippen molar-refractivity contribution < 1.29 is 18.3 Å². The van der Waals surface area contributed by atoms with Gasteiger partial charge in [-0.05, 0) is 49.4 Å². The molecule has 200 valence electrons. The molecule has 0 aliphatic carbocycles. The smallest absolute Gasteiger partial charge is 0.253 e. The van der Waals surface area contributed by atoms with Gasteiger partial charge in [-0.15, -0.1) is 0 Å². The number of nitrogens with zero attached hydrogens (tertiary/aromatic N) is 5. The highest BCUT2D eigenvalue weighted by atomic mass is 35.5. The zero-order valence-electron chi connectivity index (χ0n) is 21.1. The Morgan fingerprint density at radius 2 is 1.87 bits per heavy atom. The minimum absolute atomic E-state index is 0.0256. The summed E-state index contributed by atoms with van der Waals surface area (Å²) in [4.78, 5) is 23.9. The molecular weight excluding hydrogens is 540 g/mol. The third-order valence-electron chi connectivity index (χ3n) is 5.81. The lowest BCUT2D eigenvalue weighted by Gasteiger charge is -2.28. The minimum Gasteiger partial charge on any atom is -0.755 e. The number of para-hydroxylation sites is 2. The summed E-state index contributed by atoms with van der Waals surface area (Å²) in [6.45, 7) is 2.47. The second-order valence-electron chi connectivity index (χ2n) is 8.21. The maximum atomic E-state index is 13.1. The molecule has 1 aromatic heterocycles. The minimum atomic E-state index is -2.85. The quantitative estimate of drug-likeness (QED) is 0.255. The zero-order chi connectivity index (χ0) is 27.9. The monoisotopic (exact) mass is 563 g/mol. The van der Waals surface area contributed by atoms with Gasteiger partial charge in [0, 0.05) is 24.7 Å². The van der Waals surface area contributed by atoms with Gasteiger partial charge in [0.05, 0.1) is 58.3 Å². The lowest BCUT2D eigenvalue weighted by Crippen LogP contribution is -2.32. The first kappa shape index (κ1) is 27.8. The molecule has 1 N–H and O–H groups in total. The van der Waals surface area contributed by atoms with Crippen LogP contribution in [0.2, 0.25) is 5.02 Å². The molecule has 0 aliphatic heterocycles. The number of carbonyl (C=O) groups is 1. The molecule has 1 heterocycles. The van der Waals surface area contributed by atoms with Crippen molar-refractivity contribution in [1.29, 1.82) is 5.26 Å². The Labute approximate surface area is 233 Å². The molecule has 3 aromatic carbocycles. The average Bonchev–Trinajstić information content (AvgIpc) is 2.94. The first-order valence-corrected chi connectivity index (χ1v) is 13.3. The molecule has 12 heteroatoms. The highest BCUT2D eigenvalue weighted by Crippen LogP contribution is 2.36. The number of anilines is 4. The Morgan fingerprint density at radius 1 is 1.13 bits per heavy atom. The van der Waals surface area contributed by atoms with Gasteiger partial charge >= 0.3 is 0 Å². The van der Waals surface area contributed by atoms with Gasteiger partial charge in [0.25, 0.3) is 5.91 Å². The van der Waals surface area contributed by atoms with Gasteiger partial charge in [0.1, 0.15) is 5.75 Å². The average molecular weight is 564 g/mol. The number of amides is 1. The number of rotatable bonds is 10. The Kier molecular flexibility index (Phi) is 8.93. The van der Waals surface area contributed by atoms with Gasteiger partial charge in [0.2, 0.25) is 0 Å². The maximum Gasteiger partial charge on any atom is 0.253 e. The van der Waals surface area contributed by atoms with Crippen molar-refractivity contribution >= 4 is 62.8 Å². The number of benzene rings is 3. The Balaban J connectivity index is 1.83. The third kappa shape index (κ3) is 6.26. The number of ether oxygens (including phenoxy) is 1. The molecule has 0 fully saturated rings. The van der Waals surface area contributed by atoms with Crippen LogP contribution in [-0.4, -0.2) is 49.7 Å². The normalized spacial score (nSPS) is 11.5. The number of nitriles is 1. The first-order valence-electron chi connectivity index (χ1n) is 11.9. The first-order chi connectivity index (χ1) is 18.9. The summed E-state index contributed by atoms with van der Waals surface area (Å²) in [5.41, 5.74) is 1.86. The molecule has 4 aromatic rings. The van der Waals surface area contributed by atoms with E-state index in [1.165, 1.54) is 18.1 Å². The van der Waals surface area contributed by atoms with Gasteiger partial charge in [-0.25, -0.2) is 9.97 Å². The van der Waals surface area contributed by atoms with Crippen LogP contribution in [0, 0.1) is 11.3 Å². The van der Waals surface area contributed by atoms with Crippen LogP contribution in [0.15, 0.2) is 66.7 Å². The van der Waals surface area contributed by atoms with Crippen LogP contribution in [0.4, 0.5) is 23.0 Å². The number of halogens is 1. The van der Waals surface area contributed by atoms with Crippen LogP contribution in [0.25, 0.3) is 11.0 Å². The van der Waals surface area contributed by atoms with Crippen molar-refractivity contribution in [3.63, 3.8) is 0 Å². The SMILES string of the molecule is CCN(CCC#N)C(=O)c1cccc(N(c2nc3ccccc3nc2Nc2cc(OC)ccc2Cl)S(=O)[O-])c1. The van der Waals surface area contributed by atoms with E-state index in [0.29, 0.717) is 34.0 Å². The molecule has 0 aliphatic rings. The Hall–Kier alpha value is -4.24. The van der Waals surface area contributed by atoms with Crippen LogP contribution in [0.1, 0.15) is 23.7 Å². The lowest BCUT2D eigenvalue weighted by atomic mass is 10.1. The van der Waals surface area contributed by atoms with Crippen molar-refractivity contribution in [3.05, 3.63) is 77.3 Å². The van der Waals surface area contributed by atoms with E-state index in [1.54, 1.807) is 60.7 Å². The van der Waals surface area contributed by atoms with Crippen molar-refractivity contribution in [1.82, 2.24) is 14.9 Å². The molecular formula is C27H24ClN6O4S-. The van der Waals surface area contributed by atoms with Crippen LogP contribution in [0.5, 0.6) is 5.75 Å². The van der Waals surface area contributed by atoms with Crippen LogP contribution in [-0.2, 0) is 11.3 Å². The standard InChI is InChI=1S/C27H25ClN6O4S/c1-3-33(15-7-14-29)27(35)18-8-6-9-19(16-18)34(39(36)37)26-25(30-22-10-4-5-11-23(22)32-26)31-24-17-20(38-2)12-13-21(24)28/h4-6,8-13,16-17H,3,7,15H2,1-2H3,(H,30,31)(H,36,37)/p-1. The molecule has 1 unspecified atom stereocenters. The number of hydrogen-bond acceptors (Lipinski definition) is 8. The number of nitrogens with one attached hydrogen (secondary N) is 1. The van der Waals surface area contributed by atoms with Gasteiger partial charge in [0.15, 0.2) is 11.6 Å². The Morgan fingerprint density at radius 3 is 2.54 bits per heavy atom. The van der Waals surface area contributed by atoms with Gasteiger partial charge in [-0.3, -0.25) is 13.3 Å². The molecule has 0 saturated heterocycles. The summed E-state index contributed by atoms with van der Waals surface area (Å²) in [5, 5.41) is 12.4. The highest BCUT2D eigenvalue weighted by Gasteiger charge is 2.22. The zero-order valence-corrected chi connectivity index (χ0v) is 22.7. The van der Waals surface area contributed by atoms with Crippen LogP contribution in [0.3, 0.4) is 0 Å². The molecule has 1 amide bonds. The lowest BCUT2D eigenvalue weighted by molar-refractivity contribution is 0.0768. The Bertz CT molecular complexity index is 1580. The van der Waals surface area contributed by atoms with Crippen molar-refractivity contribution in [3.8, 4) is 11.8 Å². The summed E-state index contributed by atoms with van der Waals surface area (Å²) in [5.74, 6) is 0.304. The summed E-state index contributed by atoms with van der Waals surface area (Å²) >= 11 is 3.55. The topological polar surface area (TPSA) is 135 Å². The number of hydrogen-bond donors (Lipinski definition) is 1. The van der Waals surface area contributed by atoms with Gasteiger partial charge in [-0.2, -0.15) is 5.26 Å². The maximum absolute atomic E-state index is 13.1. The van der Waals surface area contributed by atoms with Gasteiger partial charge < -0.3 is 19.5 Å². The largest absolute Gasteiger partial charge is 0.755 e. The van der Waals surface area contributed by atoms with Crippen molar-refractivity contribution in [2.75, 3.05) is 29.8 Å². The van der Waals surface area contributed by atoms with E-state index in [4.69, 9.17) is 21.6 Å². The molecule has 0 radical (unpaired) electrons. The van der Waals surface area contributed by atoms with E-state index < -0.39 is 11.3 Å². The molecule has 0 saturated carbocycles. The molecule has 0 spiro atoms. The number of aromatic nitrogens is 2. The fourth-order valence-electron chi connectivity index (χ4n) is 3.89. The highest BCUT2D eigenvalue weighted by molar-refractivity contribution is 7.81. The van der Waals surface area contributed by atoms with E-state index in [2.05, 4.69) is 15.3 Å². The second-order valence-corrected chi connectivity index (χ2v) is 9.42. The summed E-state index contributed by atoms with van der Waals surface area (Å²) in [6.07, 6.45) is 0.185. The number of methoxy groups -OCH3 is 1. The fraction of sp³-hybridized carbons (Fsp3) is 0.185. The van der Waals surface area contributed by atoms with Crippen molar-refractivity contribution in [2.45, 2.75) is 13.3 Å². The number of fused-ring (bicyclic) bond motifs is 1. The molecule has 0 bridgehead atoms. The van der Waals surface area contributed by atoms with E-state index in [0.717, 1.165) is 4.31 Å². The predicted molar refractivity (Wildman–Crippen MR) is 150 cm³/mol. The summed E-state index contributed by atoms with van der Waals surface area (Å²) in [6, 6.07) is 20.2. The van der Waals surface area contributed by atoms with E-state index in [1.807, 2.05) is 13.0 Å². The molecule has 4 rings (SSSR count).